The van der Waals surface area contributed by atoms with Gasteiger partial charge in [0, 0.05) is 33.7 Å². The molecule has 1 aliphatic carbocycles. The molecule has 0 aromatic heterocycles. The number of halogens is 2. The normalized spacial score (nSPS) is 29.3. The molecule has 142 valence electrons. The van der Waals surface area contributed by atoms with Crippen molar-refractivity contribution < 1.29 is 14.4 Å². The molecule has 2 heterocycles. The van der Waals surface area contributed by atoms with E-state index in [9.17, 15) is 14.4 Å². The molecule has 3 aliphatic rings. The summed E-state index contributed by atoms with van der Waals surface area (Å²) < 4.78 is 0. The van der Waals surface area contributed by atoms with Crippen molar-refractivity contribution in [3.8, 4) is 0 Å². The highest BCUT2D eigenvalue weighted by Crippen LogP contribution is 2.48. The Labute approximate surface area is 166 Å². The van der Waals surface area contributed by atoms with Gasteiger partial charge < -0.3 is 10.6 Å². The molecule has 6 nitrogen and oxygen atoms in total. The molecule has 8 heteroatoms. The first-order valence-corrected chi connectivity index (χ1v) is 9.51. The Balaban J connectivity index is 1.91. The third kappa shape index (κ3) is 3.11. The molecule has 0 saturated carbocycles. The van der Waals surface area contributed by atoms with Crippen LogP contribution < -0.4 is 16.0 Å². The molecule has 0 radical (unpaired) electrons. The third-order valence-electron chi connectivity index (χ3n) is 5.40. The smallest absolute Gasteiger partial charge is 0.323 e. The standard InChI is InChI=1S/C19H19Cl2N3O3/c1-19(2)6-11-14(12(25)7-19)13(9-4-3-8(20)5-10(9)21)15-16(22-11)23-18(27)24-17(15)26/h3-5,13,15-16,22H,6-7H2,1-2H3,(H2,23,24,26,27). The number of nitrogens with one attached hydrogen (secondary N) is 3. The van der Waals surface area contributed by atoms with Crippen LogP contribution in [0.25, 0.3) is 0 Å². The number of hydrogen-bond acceptors (Lipinski definition) is 4. The molecule has 4 rings (SSSR count). The number of ketones is 1. The van der Waals surface area contributed by atoms with E-state index in [4.69, 9.17) is 23.2 Å². The van der Waals surface area contributed by atoms with E-state index in [1.165, 1.54) is 0 Å². The largest absolute Gasteiger partial charge is 0.368 e. The van der Waals surface area contributed by atoms with Crippen molar-refractivity contribution in [3.63, 3.8) is 0 Å². The molecule has 1 saturated heterocycles. The summed E-state index contributed by atoms with van der Waals surface area (Å²) in [4.78, 5) is 37.6. The van der Waals surface area contributed by atoms with Crippen LogP contribution in [0.2, 0.25) is 10.0 Å². The third-order valence-corrected chi connectivity index (χ3v) is 5.96. The monoisotopic (exact) mass is 407 g/mol. The molecule has 3 atom stereocenters. The maximum Gasteiger partial charge on any atom is 0.323 e. The van der Waals surface area contributed by atoms with Crippen LogP contribution in [0.3, 0.4) is 0 Å². The molecule has 1 fully saturated rings. The molecular weight excluding hydrogens is 389 g/mol. The van der Waals surface area contributed by atoms with Gasteiger partial charge in [0.1, 0.15) is 6.17 Å². The van der Waals surface area contributed by atoms with E-state index in [0.29, 0.717) is 34.0 Å². The first-order chi connectivity index (χ1) is 12.7. The Morgan fingerprint density at radius 2 is 1.81 bits per heavy atom. The van der Waals surface area contributed by atoms with Crippen molar-refractivity contribution >= 4 is 40.9 Å². The number of carbonyl (C=O) groups excluding carboxylic acids is 3. The first kappa shape index (κ1) is 18.3. The Hall–Kier alpha value is -2.05. The van der Waals surface area contributed by atoms with Crippen LogP contribution in [0.1, 0.15) is 38.2 Å². The maximum atomic E-state index is 13.1. The van der Waals surface area contributed by atoms with Gasteiger partial charge in [-0.2, -0.15) is 0 Å². The topological polar surface area (TPSA) is 87.3 Å². The first-order valence-electron chi connectivity index (χ1n) is 8.75. The van der Waals surface area contributed by atoms with Crippen LogP contribution in [0.15, 0.2) is 29.5 Å². The van der Waals surface area contributed by atoms with Gasteiger partial charge in [0.15, 0.2) is 5.78 Å². The summed E-state index contributed by atoms with van der Waals surface area (Å²) in [7, 11) is 0. The number of benzene rings is 1. The molecule has 2 aliphatic heterocycles. The molecule has 3 N–H and O–H groups in total. The molecule has 27 heavy (non-hydrogen) atoms. The van der Waals surface area contributed by atoms with Crippen molar-refractivity contribution in [1.82, 2.24) is 16.0 Å². The fourth-order valence-corrected chi connectivity index (χ4v) is 4.90. The van der Waals surface area contributed by atoms with Crippen molar-refractivity contribution in [2.24, 2.45) is 11.3 Å². The molecule has 0 spiro atoms. The highest BCUT2D eigenvalue weighted by molar-refractivity contribution is 6.35. The van der Waals surface area contributed by atoms with E-state index < -0.39 is 29.9 Å². The van der Waals surface area contributed by atoms with Crippen molar-refractivity contribution in [2.45, 2.75) is 38.8 Å². The quantitative estimate of drug-likeness (QED) is 0.667. The fourth-order valence-electron chi connectivity index (χ4n) is 4.38. The fraction of sp³-hybridized carbons (Fsp3) is 0.421. The molecular formula is C19H19Cl2N3O3. The zero-order valence-corrected chi connectivity index (χ0v) is 16.4. The summed E-state index contributed by atoms with van der Waals surface area (Å²) in [5.41, 5.74) is 1.80. The maximum absolute atomic E-state index is 13.1. The zero-order valence-electron chi connectivity index (χ0n) is 14.9. The molecule has 1 aromatic rings. The van der Waals surface area contributed by atoms with Gasteiger partial charge in [0.25, 0.3) is 0 Å². The second-order valence-electron chi connectivity index (χ2n) is 8.09. The van der Waals surface area contributed by atoms with E-state index in [1.807, 2.05) is 13.8 Å². The molecule has 3 amide bonds. The second-order valence-corrected chi connectivity index (χ2v) is 8.93. The SMILES string of the molecule is CC1(C)CC(=O)C2=C(C1)NC1NC(=O)NC(=O)C1C2c1ccc(Cl)cc1Cl. The lowest BCUT2D eigenvalue weighted by Gasteiger charge is -2.47. The van der Waals surface area contributed by atoms with Crippen molar-refractivity contribution in [3.05, 3.63) is 45.1 Å². The number of carbonyl (C=O) groups is 3. The lowest BCUT2D eigenvalue weighted by Crippen LogP contribution is -2.66. The minimum atomic E-state index is -0.690. The molecule has 0 bridgehead atoms. The summed E-state index contributed by atoms with van der Waals surface area (Å²) in [6, 6.07) is 4.49. The predicted molar refractivity (Wildman–Crippen MR) is 101 cm³/mol. The van der Waals surface area contributed by atoms with Crippen LogP contribution in [-0.2, 0) is 9.59 Å². The number of rotatable bonds is 1. The average Bonchev–Trinajstić information content (AvgIpc) is 2.51. The lowest BCUT2D eigenvalue weighted by atomic mass is 9.66. The highest BCUT2D eigenvalue weighted by atomic mass is 35.5. The number of Topliss-reactive ketones (excluding diaryl/α,β-unsaturated/α-hetero) is 1. The van der Waals surface area contributed by atoms with Gasteiger partial charge in [0.05, 0.1) is 5.92 Å². The molecule has 1 aromatic carbocycles. The van der Waals surface area contributed by atoms with Crippen LogP contribution in [0, 0.1) is 11.3 Å². The van der Waals surface area contributed by atoms with E-state index in [-0.39, 0.29) is 11.2 Å². The van der Waals surface area contributed by atoms with Crippen LogP contribution in [0.4, 0.5) is 4.79 Å². The van der Waals surface area contributed by atoms with Crippen LogP contribution in [-0.4, -0.2) is 23.9 Å². The summed E-state index contributed by atoms with van der Waals surface area (Å²) in [5, 5.41) is 9.16. The van der Waals surface area contributed by atoms with E-state index >= 15 is 0 Å². The summed E-state index contributed by atoms with van der Waals surface area (Å²) in [5.74, 6) is -1.69. The average molecular weight is 408 g/mol. The number of allylic oxidation sites excluding steroid dienone is 2. The number of amides is 3. The Morgan fingerprint density at radius 3 is 2.52 bits per heavy atom. The van der Waals surface area contributed by atoms with Gasteiger partial charge in [-0.1, -0.05) is 43.1 Å². The Kier molecular flexibility index (Phi) is 4.24. The Morgan fingerprint density at radius 1 is 1.07 bits per heavy atom. The van der Waals surface area contributed by atoms with Gasteiger partial charge in [0.2, 0.25) is 5.91 Å². The summed E-state index contributed by atoms with van der Waals surface area (Å²) >= 11 is 12.5. The zero-order chi connectivity index (χ0) is 19.5. The lowest BCUT2D eigenvalue weighted by molar-refractivity contribution is -0.127. The van der Waals surface area contributed by atoms with E-state index in [0.717, 1.165) is 5.70 Å². The van der Waals surface area contributed by atoms with Gasteiger partial charge in [-0.05, 0) is 29.5 Å². The minimum absolute atomic E-state index is 0.00656. The van der Waals surface area contributed by atoms with Gasteiger partial charge >= 0.3 is 6.03 Å². The number of fused-ring (bicyclic) bond motifs is 1. The Bertz CT molecular complexity index is 909. The summed E-state index contributed by atoms with van der Waals surface area (Å²) in [6.45, 7) is 4.05. The van der Waals surface area contributed by atoms with Gasteiger partial charge in [-0.15, -0.1) is 0 Å². The van der Waals surface area contributed by atoms with Crippen molar-refractivity contribution in [1.29, 1.82) is 0 Å². The minimum Gasteiger partial charge on any atom is -0.368 e. The van der Waals surface area contributed by atoms with Crippen molar-refractivity contribution in [2.75, 3.05) is 0 Å². The molecule has 3 unspecified atom stereocenters. The van der Waals surface area contributed by atoms with Gasteiger partial charge in [-0.25, -0.2) is 4.79 Å². The number of hydrogen-bond donors (Lipinski definition) is 3. The number of imide groups is 1. The van der Waals surface area contributed by atoms with E-state index in [2.05, 4.69) is 16.0 Å². The van der Waals surface area contributed by atoms with Gasteiger partial charge in [-0.3, -0.25) is 14.9 Å². The predicted octanol–water partition coefficient (Wildman–Crippen LogP) is 3.11. The van der Waals surface area contributed by atoms with E-state index in [1.54, 1.807) is 18.2 Å². The van der Waals surface area contributed by atoms with Crippen LogP contribution in [0.5, 0.6) is 0 Å². The van der Waals surface area contributed by atoms with Crippen LogP contribution >= 0.6 is 23.2 Å². The second kappa shape index (κ2) is 6.24. The summed E-state index contributed by atoms with van der Waals surface area (Å²) in [6.07, 6.45) is 0.431. The highest BCUT2D eigenvalue weighted by Gasteiger charge is 2.51. The number of urea groups is 1.